The number of hydrogen-bond donors (Lipinski definition) is 0. The number of hydrogen-bond acceptors (Lipinski definition) is 1. The fourth-order valence-corrected chi connectivity index (χ4v) is 3.61. The lowest BCUT2D eigenvalue weighted by atomic mass is 10.2. The third kappa shape index (κ3) is 3.47. The Morgan fingerprint density at radius 1 is 1.13 bits per heavy atom. The largest absolute Gasteiger partial charge is 0.377 e. The first kappa shape index (κ1) is 12.5. The van der Waals surface area contributed by atoms with Crippen molar-refractivity contribution in [1.29, 1.82) is 0 Å². The first-order valence-corrected chi connectivity index (χ1v) is 9.21. The molecule has 0 bridgehead atoms. The van der Waals surface area contributed by atoms with Crippen LogP contribution in [0, 0.1) is 6.92 Å². The summed E-state index contributed by atoms with van der Waals surface area (Å²) in [6.45, 7) is 12.0. The number of benzene rings is 1. The van der Waals surface area contributed by atoms with E-state index in [1.807, 2.05) is 0 Å². The maximum absolute atomic E-state index is 5.89. The van der Waals surface area contributed by atoms with Crippen molar-refractivity contribution in [2.45, 2.75) is 39.2 Å². The molecule has 1 nitrogen and oxygen atoms in total. The Morgan fingerprint density at radius 3 is 2.07 bits per heavy atom. The monoisotopic (exact) mass is 222 g/mol. The van der Waals surface area contributed by atoms with Crippen LogP contribution in [0.2, 0.25) is 19.6 Å². The van der Waals surface area contributed by atoms with Gasteiger partial charge in [-0.25, -0.2) is 0 Å². The molecule has 1 aromatic rings. The van der Waals surface area contributed by atoms with E-state index >= 15 is 0 Å². The van der Waals surface area contributed by atoms with Gasteiger partial charge in [0.05, 0.1) is 13.8 Å². The molecule has 0 saturated carbocycles. The predicted octanol–water partition coefficient (Wildman–Crippen LogP) is 3.95. The number of aryl methyl sites for hydroxylation is 1. The predicted molar refractivity (Wildman–Crippen MR) is 68.9 cm³/mol. The van der Waals surface area contributed by atoms with Gasteiger partial charge in [0, 0.05) is 6.61 Å². The van der Waals surface area contributed by atoms with Crippen LogP contribution in [0.15, 0.2) is 24.3 Å². The Kier molecular flexibility index (Phi) is 4.11. The van der Waals surface area contributed by atoms with Crippen LogP contribution < -0.4 is 0 Å². The maximum atomic E-state index is 5.89. The molecule has 1 unspecified atom stereocenters. The molecule has 0 radical (unpaired) electrons. The molecule has 0 aliphatic carbocycles. The summed E-state index contributed by atoms with van der Waals surface area (Å²) in [5, 5.41) is 0. The Labute approximate surface area is 94.5 Å². The van der Waals surface area contributed by atoms with E-state index in [1.165, 1.54) is 11.1 Å². The van der Waals surface area contributed by atoms with E-state index in [0.717, 1.165) is 6.61 Å². The van der Waals surface area contributed by atoms with Gasteiger partial charge >= 0.3 is 0 Å². The van der Waals surface area contributed by atoms with Crippen LogP contribution in [0.3, 0.4) is 0 Å². The van der Waals surface area contributed by atoms with Crippen LogP contribution in [-0.4, -0.2) is 14.7 Å². The van der Waals surface area contributed by atoms with Crippen molar-refractivity contribution in [3.05, 3.63) is 35.4 Å². The van der Waals surface area contributed by atoms with E-state index in [2.05, 4.69) is 57.8 Å². The molecule has 0 amide bonds. The lowest BCUT2D eigenvalue weighted by Gasteiger charge is -2.29. The summed E-state index contributed by atoms with van der Waals surface area (Å²) in [6.07, 6.45) is 0. The van der Waals surface area contributed by atoms with Crippen molar-refractivity contribution in [2.75, 3.05) is 6.61 Å². The summed E-state index contributed by atoms with van der Waals surface area (Å²) in [5.41, 5.74) is 2.97. The minimum absolute atomic E-state index is 0.322. The zero-order valence-electron chi connectivity index (χ0n) is 10.5. The van der Waals surface area contributed by atoms with Crippen molar-refractivity contribution in [3.63, 3.8) is 0 Å². The van der Waals surface area contributed by atoms with Gasteiger partial charge in [0.15, 0.2) is 0 Å². The minimum atomic E-state index is -1.29. The molecule has 2 heteroatoms. The second kappa shape index (κ2) is 4.95. The molecule has 0 aromatic heterocycles. The maximum Gasteiger partial charge on any atom is 0.0842 e. The van der Waals surface area contributed by atoms with E-state index in [0.29, 0.717) is 5.73 Å². The van der Waals surface area contributed by atoms with Crippen LogP contribution in [0.5, 0.6) is 0 Å². The standard InChI is InChI=1S/C13H22OSi/c1-6-14-13(15(3,4)5)12-9-7-11(2)8-10-12/h7-10,13H,6H2,1-5H3. The normalized spacial score (nSPS) is 13.9. The molecule has 0 aliphatic heterocycles. The van der Waals surface area contributed by atoms with E-state index in [9.17, 15) is 0 Å². The molecule has 15 heavy (non-hydrogen) atoms. The minimum Gasteiger partial charge on any atom is -0.377 e. The smallest absolute Gasteiger partial charge is 0.0842 e. The summed E-state index contributed by atoms with van der Waals surface area (Å²) >= 11 is 0. The third-order valence-electron chi connectivity index (χ3n) is 2.50. The van der Waals surface area contributed by atoms with Gasteiger partial charge in [-0.15, -0.1) is 0 Å². The molecule has 84 valence electrons. The van der Waals surface area contributed by atoms with Crippen LogP contribution >= 0.6 is 0 Å². The summed E-state index contributed by atoms with van der Waals surface area (Å²) in [4.78, 5) is 0. The van der Waals surface area contributed by atoms with Gasteiger partial charge in [-0.2, -0.15) is 0 Å². The summed E-state index contributed by atoms with van der Waals surface area (Å²) in [7, 11) is -1.29. The molecule has 0 N–H and O–H groups in total. The van der Waals surface area contributed by atoms with Crippen LogP contribution in [0.1, 0.15) is 23.8 Å². The number of rotatable bonds is 4. The summed E-state index contributed by atoms with van der Waals surface area (Å²) in [5.74, 6) is 0. The van der Waals surface area contributed by atoms with Crippen molar-refractivity contribution < 1.29 is 4.74 Å². The average Bonchev–Trinajstić information content (AvgIpc) is 2.14. The first-order chi connectivity index (χ1) is 6.95. The second-order valence-electron chi connectivity index (χ2n) is 5.11. The van der Waals surface area contributed by atoms with Crippen LogP contribution in [-0.2, 0) is 4.74 Å². The quantitative estimate of drug-likeness (QED) is 0.701. The van der Waals surface area contributed by atoms with E-state index in [1.54, 1.807) is 0 Å². The van der Waals surface area contributed by atoms with Gasteiger partial charge in [-0.3, -0.25) is 0 Å². The van der Waals surface area contributed by atoms with Crippen molar-refractivity contribution in [3.8, 4) is 0 Å². The SMILES string of the molecule is CCOC(c1ccc(C)cc1)[Si](C)(C)C. The third-order valence-corrected chi connectivity index (χ3v) is 4.57. The molecule has 1 atom stereocenters. The lowest BCUT2D eigenvalue weighted by molar-refractivity contribution is 0.112. The van der Waals surface area contributed by atoms with Crippen LogP contribution in [0.4, 0.5) is 0 Å². The van der Waals surface area contributed by atoms with Gasteiger partial charge in [-0.1, -0.05) is 49.5 Å². The number of ether oxygens (including phenoxy) is 1. The molecule has 0 spiro atoms. The van der Waals surface area contributed by atoms with Gasteiger partial charge in [0.2, 0.25) is 0 Å². The Balaban J connectivity index is 2.94. The summed E-state index contributed by atoms with van der Waals surface area (Å²) < 4.78 is 5.89. The molecule has 0 saturated heterocycles. The Bertz CT molecular complexity index is 297. The van der Waals surface area contributed by atoms with Crippen molar-refractivity contribution >= 4 is 8.07 Å². The Hall–Kier alpha value is -0.603. The highest BCUT2D eigenvalue weighted by atomic mass is 28.3. The van der Waals surface area contributed by atoms with Crippen LogP contribution in [0.25, 0.3) is 0 Å². The zero-order chi connectivity index (χ0) is 11.5. The summed E-state index contributed by atoms with van der Waals surface area (Å²) in [6, 6.07) is 8.74. The van der Waals surface area contributed by atoms with Gasteiger partial charge in [0.25, 0.3) is 0 Å². The van der Waals surface area contributed by atoms with Crippen molar-refractivity contribution in [1.82, 2.24) is 0 Å². The fourth-order valence-electron chi connectivity index (χ4n) is 1.75. The molecule has 0 fully saturated rings. The Morgan fingerprint density at radius 2 is 1.67 bits per heavy atom. The topological polar surface area (TPSA) is 9.23 Å². The van der Waals surface area contributed by atoms with E-state index < -0.39 is 8.07 Å². The van der Waals surface area contributed by atoms with Gasteiger partial charge in [-0.05, 0) is 19.4 Å². The average molecular weight is 222 g/mol. The highest BCUT2D eigenvalue weighted by molar-refractivity contribution is 6.77. The first-order valence-electron chi connectivity index (χ1n) is 5.63. The van der Waals surface area contributed by atoms with E-state index in [4.69, 9.17) is 4.74 Å². The lowest BCUT2D eigenvalue weighted by Crippen LogP contribution is -2.33. The van der Waals surface area contributed by atoms with Crippen molar-refractivity contribution in [2.24, 2.45) is 0 Å². The molecule has 0 aliphatic rings. The fraction of sp³-hybridized carbons (Fsp3) is 0.538. The van der Waals surface area contributed by atoms with Gasteiger partial charge in [0.1, 0.15) is 0 Å². The van der Waals surface area contributed by atoms with Gasteiger partial charge < -0.3 is 4.74 Å². The molecule has 1 rings (SSSR count). The molecular formula is C13H22OSi. The molecule has 1 aromatic carbocycles. The molecular weight excluding hydrogens is 200 g/mol. The second-order valence-corrected chi connectivity index (χ2v) is 10.4. The van der Waals surface area contributed by atoms with E-state index in [-0.39, 0.29) is 0 Å². The molecule has 0 heterocycles. The zero-order valence-corrected chi connectivity index (χ0v) is 11.5. The highest BCUT2D eigenvalue weighted by Crippen LogP contribution is 2.28. The highest BCUT2D eigenvalue weighted by Gasteiger charge is 2.28.